The SMILES string of the molecule is CNC(=O)Oc1cc(C(NC(=O)c2cccc(C(F)(F)F)c2)C(c2ccccc2)c2cc(F)cc(C(F)(F)F)c2)ccc1F. The molecular weight excluding hydrogens is 600 g/mol. The molecule has 0 bridgehead atoms. The molecule has 0 saturated carbocycles. The summed E-state index contributed by atoms with van der Waals surface area (Å²) in [6.07, 6.45) is -10.8. The van der Waals surface area contributed by atoms with Crippen molar-refractivity contribution in [2.45, 2.75) is 24.3 Å². The van der Waals surface area contributed by atoms with Crippen molar-refractivity contribution >= 4 is 12.0 Å². The molecule has 5 nitrogen and oxygen atoms in total. The second kappa shape index (κ2) is 12.7. The summed E-state index contributed by atoms with van der Waals surface area (Å²) in [6, 6.07) is 14.4. The van der Waals surface area contributed by atoms with Gasteiger partial charge in [-0.05, 0) is 65.2 Å². The fourth-order valence-corrected chi connectivity index (χ4v) is 4.56. The molecule has 0 heterocycles. The normalized spacial score (nSPS) is 13.1. The molecule has 2 unspecified atom stereocenters. The Kier molecular flexibility index (Phi) is 9.26. The number of ether oxygens (including phenoxy) is 1. The van der Waals surface area contributed by atoms with E-state index in [-0.39, 0.29) is 22.8 Å². The number of halogens is 8. The molecule has 0 saturated heterocycles. The van der Waals surface area contributed by atoms with Gasteiger partial charge in [0.1, 0.15) is 5.82 Å². The lowest BCUT2D eigenvalue weighted by Crippen LogP contribution is -2.33. The van der Waals surface area contributed by atoms with Crippen molar-refractivity contribution in [1.82, 2.24) is 10.6 Å². The number of hydrogen-bond acceptors (Lipinski definition) is 3. The minimum Gasteiger partial charge on any atom is -0.407 e. The highest BCUT2D eigenvalue weighted by atomic mass is 19.4. The van der Waals surface area contributed by atoms with Gasteiger partial charge in [-0.15, -0.1) is 0 Å². The molecule has 4 aromatic carbocycles. The van der Waals surface area contributed by atoms with Gasteiger partial charge in [0.2, 0.25) is 0 Å². The van der Waals surface area contributed by atoms with E-state index in [2.05, 4.69) is 10.6 Å². The summed E-state index contributed by atoms with van der Waals surface area (Å²) < 4.78 is 116. The lowest BCUT2D eigenvalue weighted by atomic mass is 9.81. The zero-order valence-electron chi connectivity index (χ0n) is 22.6. The van der Waals surface area contributed by atoms with Crippen LogP contribution >= 0.6 is 0 Å². The first-order chi connectivity index (χ1) is 20.7. The number of rotatable bonds is 7. The highest BCUT2D eigenvalue weighted by molar-refractivity contribution is 5.94. The highest BCUT2D eigenvalue weighted by Gasteiger charge is 2.36. The van der Waals surface area contributed by atoms with Crippen LogP contribution < -0.4 is 15.4 Å². The van der Waals surface area contributed by atoms with Crippen molar-refractivity contribution < 1.29 is 49.4 Å². The zero-order chi connectivity index (χ0) is 32.2. The molecule has 2 atom stereocenters. The molecular formula is C31H22F8N2O3. The third kappa shape index (κ3) is 7.52. The predicted molar refractivity (Wildman–Crippen MR) is 143 cm³/mol. The van der Waals surface area contributed by atoms with E-state index in [0.29, 0.717) is 12.1 Å². The molecule has 0 spiro atoms. The quantitative estimate of drug-likeness (QED) is 0.205. The lowest BCUT2D eigenvalue weighted by Gasteiger charge is -2.30. The number of hydrogen-bond donors (Lipinski definition) is 2. The van der Waals surface area contributed by atoms with E-state index < -0.39 is 70.4 Å². The first-order valence-electron chi connectivity index (χ1n) is 12.8. The van der Waals surface area contributed by atoms with Gasteiger partial charge in [-0.1, -0.05) is 42.5 Å². The van der Waals surface area contributed by atoms with E-state index in [1.54, 1.807) is 6.07 Å². The van der Waals surface area contributed by atoms with Gasteiger partial charge in [0.05, 0.1) is 17.2 Å². The standard InChI is InChI=1S/C31H22F8N2O3/c1-40-29(43)44-25-15-18(10-11-24(25)33)27(41-28(42)19-8-5-9-21(12-19)30(34,35)36)26(17-6-3-2-4-7-17)20-13-22(31(37,38)39)16-23(32)14-20/h2-16,26-27H,1H3,(H,40,43)(H,41,42). The predicted octanol–water partition coefficient (Wildman–Crippen LogP) is 8.02. The van der Waals surface area contributed by atoms with Gasteiger partial charge >= 0.3 is 18.4 Å². The topological polar surface area (TPSA) is 67.4 Å². The Morgan fingerprint density at radius 3 is 2.02 bits per heavy atom. The second-order valence-corrected chi connectivity index (χ2v) is 9.52. The molecule has 0 aliphatic heterocycles. The number of carbonyl (C=O) groups is 2. The molecule has 2 N–H and O–H groups in total. The Labute approximate surface area is 245 Å². The Morgan fingerprint density at radius 1 is 0.705 bits per heavy atom. The Bertz CT molecular complexity index is 1660. The summed E-state index contributed by atoms with van der Waals surface area (Å²) in [5.41, 5.74) is -2.95. The molecule has 44 heavy (non-hydrogen) atoms. The zero-order valence-corrected chi connectivity index (χ0v) is 22.6. The average Bonchev–Trinajstić information content (AvgIpc) is 2.97. The number of alkyl halides is 6. The monoisotopic (exact) mass is 622 g/mol. The molecule has 4 rings (SSSR count). The third-order valence-electron chi connectivity index (χ3n) is 6.56. The Balaban J connectivity index is 1.94. The molecule has 0 radical (unpaired) electrons. The van der Waals surface area contributed by atoms with Gasteiger partial charge in [-0.3, -0.25) is 4.79 Å². The van der Waals surface area contributed by atoms with Crippen LogP contribution in [-0.2, 0) is 12.4 Å². The number of benzene rings is 4. The molecule has 230 valence electrons. The third-order valence-corrected chi connectivity index (χ3v) is 6.56. The van der Waals surface area contributed by atoms with Crippen LogP contribution in [0.1, 0.15) is 50.1 Å². The van der Waals surface area contributed by atoms with Gasteiger partial charge in [-0.25, -0.2) is 13.6 Å². The Morgan fingerprint density at radius 2 is 1.39 bits per heavy atom. The smallest absolute Gasteiger partial charge is 0.407 e. The minimum atomic E-state index is -4.96. The van der Waals surface area contributed by atoms with Crippen molar-refractivity contribution in [3.05, 3.63) is 136 Å². The van der Waals surface area contributed by atoms with Crippen LogP contribution in [0, 0.1) is 11.6 Å². The van der Waals surface area contributed by atoms with E-state index >= 15 is 0 Å². The minimum absolute atomic E-state index is 0.0303. The van der Waals surface area contributed by atoms with E-state index in [4.69, 9.17) is 4.74 Å². The molecule has 2 amide bonds. The van der Waals surface area contributed by atoms with Crippen LogP contribution in [0.15, 0.2) is 91.0 Å². The van der Waals surface area contributed by atoms with Crippen LogP contribution in [0.5, 0.6) is 5.75 Å². The lowest BCUT2D eigenvalue weighted by molar-refractivity contribution is -0.138. The fraction of sp³-hybridized carbons (Fsp3) is 0.161. The summed E-state index contributed by atoms with van der Waals surface area (Å²) in [5, 5.41) is 4.65. The first-order valence-corrected chi connectivity index (χ1v) is 12.8. The van der Waals surface area contributed by atoms with E-state index in [1.807, 2.05) is 0 Å². The van der Waals surface area contributed by atoms with Crippen LogP contribution in [-0.4, -0.2) is 19.0 Å². The summed E-state index contributed by atoms with van der Waals surface area (Å²) in [6.45, 7) is 0. The van der Waals surface area contributed by atoms with Crippen LogP contribution in [0.3, 0.4) is 0 Å². The Hall–Kier alpha value is -4.94. The molecule has 13 heteroatoms. The highest BCUT2D eigenvalue weighted by Crippen LogP contribution is 2.41. The van der Waals surface area contributed by atoms with Gasteiger partial charge in [0, 0.05) is 18.5 Å². The number of carbonyl (C=O) groups excluding carboxylic acids is 2. The maximum atomic E-state index is 14.7. The van der Waals surface area contributed by atoms with Crippen molar-refractivity contribution in [3.63, 3.8) is 0 Å². The van der Waals surface area contributed by atoms with E-state index in [9.17, 15) is 44.7 Å². The maximum Gasteiger partial charge on any atom is 0.416 e. The van der Waals surface area contributed by atoms with Crippen LogP contribution in [0.4, 0.5) is 39.9 Å². The molecule has 0 aromatic heterocycles. The summed E-state index contributed by atoms with van der Waals surface area (Å²) >= 11 is 0. The van der Waals surface area contributed by atoms with Crippen molar-refractivity contribution in [2.24, 2.45) is 0 Å². The average molecular weight is 623 g/mol. The van der Waals surface area contributed by atoms with E-state index in [1.165, 1.54) is 31.3 Å². The summed E-state index contributed by atoms with van der Waals surface area (Å²) in [5.74, 6) is -5.28. The van der Waals surface area contributed by atoms with E-state index in [0.717, 1.165) is 42.5 Å². The maximum absolute atomic E-state index is 14.7. The molecule has 0 fully saturated rings. The van der Waals surface area contributed by atoms with Crippen molar-refractivity contribution in [3.8, 4) is 5.75 Å². The molecule has 0 aliphatic rings. The fourth-order valence-electron chi connectivity index (χ4n) is 4.56. The van der Waals surface area contributed by atoms with Crippen molar-refractivity contribution in [1.29, 1.82) is 0 Å². The van der Waals surface area contributed by atoms with Gasteiger partial charge in [0.25, 0.3) is 5.91 Å². The molecule has 4 aromatic rings. The van der Waals surface area contributed by atoms with Crippen LogP contribution in [0.25, 0.3) is 0 Å². The summed E-state index contributed by atoms with van der Waals surface area (Å²) in [7, 11) is 1.20. The molecule has 0 aliphatic carbocycles. The van der Waals surface area contributed by atoms with Gasteiger partial charge in [0.15, 0.2) is 11.6 Å². The first kappa shape index (κ1) is 32.0. The number of nitrogens with one attached hydrogen (secondary N) is 2. The largest absolute Gasteiger partial charge is 0.416 e. The van der Waals surface area contributed by atoms with Gasteiger partial charge in [-0.2, -0.15) is 26.3 Å². The van der Waals surface area contributed by atoms with Crippen LogP contribution in [0.2, 0.25) is 0 Å². The summed E-state index contributed by atoms with van der Waals surface area (Å²) in [4.78, 5) is 25.3. The van der Waals surface area contributed by atoms with Crippen molar-refractivity contribution in [2.75, 3.05) is 7.05 Å². The van der Waals surface area contributed by atoms with Gasteiger partial charge < -0.3 is 15.4 Å². The second-order valence-electron chi connectivity index (χ2n) is 9.52. The number of amides is 2.